The Labute approximate surface area is 129 Å². The average Bonchev–Trinajstić information content (AvgIpc) is 2.84. The van der Waals surface area contributed by atoms with Crippen molar-refractivity contribution in [3.05, 3.63) is 30.6 Å². The summed E-state index contributed by atoms with van der Waals surface area (Å²) in [4.78, 5) is 11.8. The van der Waals surface area contributed by atoms with Gasteiger partial charge in [-0.05, 0) is 32.9 Å². The molecule has 0 saturated heterocycles. The largest absolute Gasteiger partial charge is 0.507 e. The van der Waals surface area contributed by atoms with Crippen molar-refractivity contribution in [2.75, 3.05) is 7.11 Å². The number of aromatic hydroxyl groups is 1. The first-order valence-corrected chi connectivity index (χ1v) is 6.90. The number of esters is 1. The first-order chi connectivity index (χ1) is 10.3. The topological polar surface area (TPSA) is 73.6 Å². The summed E-state index contributed by atoms with van der Waals surface area (Å²) in [5.41, 5.74) is 0.807. The van der Waals surface area contributed by atoms with Gasteiger partial charge in [0.15, 0.2) is 0 Å². The number of hydrogen-bond acceptors (Lipinski definition) is 5. The van der Waals surface area contributed by atoms with Gasteiger partial charge in [-0.3, -0.25) is 9.48 Å². The van der Waals surface area contributed by atoms with Crippen LogP contribution in [0.5, 0.6) is 11.5 Å². The van der Waals surface area contributed by atoms with Gasteiger partial charge in [-0.1, -0.05) is 0 Å². The van der Waals surface area contributed by atoms with E-state index in [0.717, 1.165) is 0 Å². The van der Waals surface area contributed by atoms with E-state index in [0.29, 0.717) is 16.9 Å². The maximum atomic E-state index is 11.8. The molecule has 0 aliphatic carbocycles. The third-order valence-corrected chi connectivity index (χ3v) is 2.86. The Morgan fingerprint density at radius 2 is 2.09 bits per heavy atom. The molecule has 0 bridgehead atoms. The van der Waals surface area contributed by atoms with Gasteiger partial charge in [0.1, 0.15) is 23.6 Å². The fraction of sp³-hybridized carbons (Fsp3) is 0.375. The summed E-state index contributed by atoms with van der Waals surface area (Å²) in [6.45, 7) is 5.46. The van der Waals surface area contributed by atoms with Crippen LogP contribution in [-0.2, 0) is 16.1 Å². The Hall–Kier alpha value is -2.50. The molecule has 0 radical (unpaired) electrons. The monoisotopic (exact) mass is 304 g/mol. The van der Waals surface area contributed by atoms with Gasteiger partial charge in [0.2, 0.25) is 0 Å². The molecule has 0 unspecified atom stereocenters. The number of rotatable bonds is 4. The van der Waals surface area contributed by atoms with E-state index < -0.39 is 5.60 Å². The predicted octanol–water partition coefficient (Wildman–Crippen LogP) is 2.61. The van der Waals surface area contributed by atoms with Crippen LogP contribution in [0.2, 0.25) is 0 Å². The Balaban J connectivity index is 2.13. The zero-order valence-corrected chi connectivity index (χ0v) is 13.2. The maximum absolute atomic E-state index is 11.8. The maximum Gasteiger partial charge on any atom is 0.328 e. The molecule has 0 saturated carbocycles. The number of carbonyl (C=O) groups excluding carboxylic acids is 1. The Kier molecular flexibility index (Phi) is 4.40. The summed E-state index contributed by atoms with van der Waals surface area (Å²) < 4.78 is 11.8. The van der Waals surface area contributed by atoms with Crippen LogP contribution in [0.3, 0.4) is 0 Å². The van der Waals surface area contributed by atoms with E-state index in [-0.39, 0.29) is 18.3 Å². The fourth-order valence-electron chi connectivity index (χ4n) is 1.98. The highest BCUT2D eigenvalue weighted by Crippen LogP contribution is 2.31. The molecule has 0 fully saturated rings. The molecule has 1 aromatic heterocycles. The number of hydrogen-bond donors (Lipinski definition) is 1. The summed E-state index contributed by atoms with van der Waals surface area (Å²) in [5.74, 6) is 0.305. The van der Waals surface area contributed by atoms with Crippen LogP contribution in [0.1, 0.15) is 20.8 Å². The Morgan fingerprint density at radius 3 is 2.68 bits per heavy atom. The molecule has 1 aromatic carbocycles. The lowest BCUT2D eigenvalue weighted by atomic mass is 10.1. The molecule has 22 heavy (non-hydrogen) atoms. The van der Waals surface area contributed by atoms with E-state index in [4.69, 9.17) is 9.47 Å². The molecule has 0 aliphatic heterocycles. The van der Waals surface area contributed by atoms with Crippen molar-refractivity contribution in [1.82, 2.24) is 9.78 Å². The highest BCUT2D eigenvalue weighted by molar-refractivity contribution is 5.72. The molecule has 1 N–H and O–H groups in total. The van der Waals surface area contributed by atoms with Crippen molar-refractivity contribution in [3.8, 4) is 22.6 Å². The van der Waals surface area contributed by atoms with E-state index in [1.165, 1.54) is 17.9 Å². The molecular formula is C16H20N2O4. The molecular weight excluding hydrogens is 284 g/mol. The lowest BCUT2D eigenvalue weighted by Gasteiger charge is -2.19. The van der Waals surface area contributed by atoms with Crippen LogP contribution in [0, 0.1) is 0 Å². The van der Waals surface area contributed by atoms with Gasteiger partial charge in [-0.2, -0.15) is 5.10 Å². The standard InChI is InChI=1S/C16H20N2O4/c1-16(2,3)22-15(20)10-18-9-11(8-17-18)13-6-5-12(21-4)7-14(13)19/h5-9,19H,10H2,1-4H3. The van der Waals surface area contributed by atoms with E-state index in [1.807, 2.05) is 20.8 Å². The minimum absolute atomic E-state index is 0.0220. The molecule has 118 valence electrons. The second-order valence-corrected chi connectivity index (χ2v) is 5.90. The lowest BCUT2D eigenvalue weighted by Crippen LogP contribution is -2.26. The quantitative estimate of drug-likeness (QED) is 0.879. The second kappa shape index (κ2) is 6.09. The van der Waals surface area contributed by atoms with Gasteiger partial charge in [0.05, 0.1) is 13.3 Å². The van der Waals surface area contributed by atoms with Crippen molar-refractivity contribution in [3.63, 3.8) is 0 Å². The number of phenols is 1. The summed E-state index contributed by atoms with van der Waals surface area (Å²) in [6, 6.07) is 5.02. The highest BCUT2D eigenvalue weighted by Gasteiger charge is 2.17. The normalized spacial score (nSPS) is 11.3. The van der Waals surface area contributed by atoms with E-state index in [1.54, 1.807) is 24.5 Å². The first-order valence-electron chi connectivity index (χ1n) is 6.90. The van der Waals surface area contributed by atoms with Gasteiger partial charge >= 0.3 is 5.97 Å². The number of nitrogens with zero attached hydrogens (tertiary/aromatic N) is 2. The molecule has 0 aliphatic rings. The van der Waals surface area contributed by atoms with Crippen molar-refractivity contribution in [1.29, 1.82) is 0 Å². The summed E-state index contributed by atoms with van der Waals surface area (Å²) >= 11 is 0. The van der Waals surface area contributed by atoms with Crippen molar-refractivity contribution >= 4 is 5.97 Å². The molecule has 0 spiro atoms. The average molecular weight is 304 g/mol. The summed E-state index contributed by atoms with van der Waals surface area (Å²) in [5, 5.41) is 14.1. The van der Waals surface area contributed by atoms with Gasteiger partial charge in [0.25, 0.3) is 0 Å². The Bertz CT molecular complexity index is 671. The van der Waals surface area contributed by atoms with E-state index in [2.05, 4.69) is 5.10 Å². The zero-order valence-electron chi connectivity index (χ0n) is 13.2. The second-order valence-electron chi connectivity index (χ2n) is 5.90. The van der Waals surface area contributed by atoms with Gasteiger partial charge < -0.3 is 14.6 Å². The van der Waals surface area contributed by atoms with Crippen LogP contribution in [0.4, 0.5) is 0 Å². The number of ether oxygens (including phenoxy) is 2. The summed E-state index contributed by atoms with van der Waals surface area (Å²) in [7, 11) is 1.54. The van der Waals surface area contributed by atoms with Gasteiger partial charge in [-0.15, -0.1) is 0 Å². The van der Waals surface area contributed by atoms with Crippen LogP contribution < -0.4 is 4.74 Å². The number of carbonyl (C=O) groups is 1. The molecule has 1 heterocycles. The third kappa shape index (κ3) is 4.00. The van der Waals surface area contributed by atoms with Crippen LogP contribution >= 0.6 is 0 Å². The molecule has 6 heteroatoms. The number of phenolic OH excluding ortho intramolecular Hbond substituents is 1. The Morgan fingerprint density at radius 1 is 1.36 bits per heavy atom. The van der Waals surface area contributed by atoms with Gasteiger partial charge in [-0.25, -0.2) is 0 Å². The molecule has 6 nitrogen and oxygen atoms in total. The van der Waals surface area contributed by atoms with Crippen LogP contribution in [0.15, 0.2) is 30.6 Å². The van der Waals surface area contributed by atoms with Crippen molar-refractivity contribution in [2.24, 2.45) is 0 Å². The van der Waals surface area contributed by atoms with E-state index in [9.17, 15) is 9.90 Å². The number of methoxy groups -OCH3 is 1. The van der Waals surface area contributed by atoms with Crippen LogP contribution in [-0.4, -0.2) is 33.6 Å². The van der Waals surface area contributed by atoms with Gasteiger partial charge in [0, 0.05) is 23.4 Å². The predicted molar refractivity (Wildman–Crippen MR) is 81.7 cm³/mol. The third-order valence-electron chi connectivity index (χ3n) is 2.86. The summed E-state index contributed by atoms with van der Waals surface area (Å²) in [6.07, 6.45) is 3.28. The van der Waals surface area contributed by atoms with Crippen LogP contribution in [0.25, 0.3) is 11.1 Å². The first kappa shape index (κ1) is 15.9. The highest BCUT2D eigenvalue weighted by atomic mass is 16.6. The number of aromatic nitrogens is 2. The SMILES string of the molecule is COc1ccc(-c2cnn(CC(=O)OC(C)(C)C)c2)c(O)c1. The van der Waals surface area contributed by atoms with E-state index >= 15 is 0 Å². The molecule has 2 aromatic rings. The van der Waals surface area contributed by atoms with Crippen molar-refractivity contribution in [2.45, 2.75) is 32.9 Å². The smallest absolute Gasteiger partial charge is 0.328 e. The van der Waals surface area contributed by atoms with Crippen molar-refractivity contribution < 1.29 is 19.4 Å². The zero-order chi connectivity index (χ0) is 16.3. The molecule has 0 atom stereocenters. The minimum Gasteiger partial charge on any atom is -0.507 e. The molecule has 0 amide bonds. The minimum atomic E-state index is -0.526. The number of benzene rings is 1. The molecule has 2 rings (SSSR count). The fourth-order valence-corrected chi connectivity index (χ4v) is 1.98. The lowest BCUT2D eigenvalue weighted by molar-refractivity contribution is -0.155.